The molecule has 0 atom stereocenters. The molecule has 0 aromatic heterocycles. The van der Waals surface area contributed by atoms with Crippen LogP contribution in [0.2, 0.25) is 0 Å². The first-order valence-electron chi connectivity index (χ1n) is 5.28. The van der Waals surface area contributed by atoms with E-state index in [4.69, 9.17) is 5.11 Å². The summed E-state index contributed by atoms with van der Waals surface area (Å²) in [4.78, 5) is 13.1. The van der Waals surface area contributed by atoms with Crippen molar-refractivity contribution >= 4 is 5.91 Å². The first-order chi connectivity index (χ1) is 6.74. The zero-order chi connectivity index (χ0) is 10.8. The Hall–Kier alpha value is -0.610. The summed E-state index contributed by atoms with van der Waals surface area (Å²) in [6.45, 7) is 4.90. The third-order valence-electron chi connectivity index (χ3n) is 2.11. The smallest absolute Gasteiger partial charge is 0.219 e. The highest BCUT2D eigenvalue weighted by Gasteiger charge is 2.04. The molecule has 2 N–H and O–H groups in total. The van der Waals surface area contributed by atoms with Gasteiger partial charge in [0.15, 0.2) is 0 Å². The molecule has 0 aromatic carbocycles. The molecule has 0 aliphatic carbocycles. The number of nitrogens with one attached hydrogen (secondary N) is 1. The van der Waals surface area contributed by atoms with E-state index in [0.29, 0.717) is 13.0 Å². The van der Waals surface area contributed by atoms with Crippen molar-refractivity contribution in [2.75, 3.05) is 33.3 Å². The molecular formula is C10H22N2O2. The molecule has 0 spiro atoms. The second-order valence-electron chi connectivity index (χ2n) is 3.34. The highest BCUT2D eigenvalue weighted by molar-refractivity contribution is 5.75. The van der Waals surface area contributed by atoms with Crippen molar-refractivity contribution in [1.82, 2.24) is 10.2 Å². The van der Waals surface area contributed by atoms with Gasteiger partial charge < -0.3 is 15.3 Å². The van der Waals surface area contributed by atoms with Gasteiger partial charge in [0.2, 0.25) is 5.91 Å². The molecule has 0 aliphatic rings. The van der Waals surface area contributed by atoms with Crippen LogP contribution < -0.4 is 5.32 Å². The Kier molecular flexibility index (Phi) is 8.57. The van der Waals surface area contributed by atoms with Crippen LogP contribution in [-0.2, 0) is 4.79 Å². The van der Waals surface area contributed by atoms with Gasteiger partial charge in [0.25, 0.3) is 0 Å². The van der Waals surface area contributed by atoms with Crippen LogP contribution in [0.4, 0.5) is 0 Å². The van der Waals surface area contributed by atoms with Crippen molar-refractivity contribution in [2.45, 2.75) is 26.2 Å². The maximum Gasteiger partial charge on any atom is 0.219 e. The summed E-state index contributed by atoms with van der Waals surface area (Å²) in [6.07, 6.45) is 2.52. The largest absolute Gasteiger partial charge is 0.395 e. The zero-order valence-corrected chi connectivity index (χ0v) is 9.25. The van der Waals surface area contributed by atoms with E-state index in [1.165, 1.54) is 0 Å². The Balaban J connectivity index is 3.54. The molecule has 84 valence electrons. The van der Waals surface area contributed by atoms with Crippen LogP contribution in [-0.4, -0.2) is 49.2 Å². The van der Waals surface area contributed by atoms with E-state index in [2.05, 4.69) is 17.1 Å². The third-order valence-corrected chi connectivity index (χ3v) is 2.11. The molecule has 0 fully saturated rings. The molecule has 4 heteroatoms. The predicted octanol–water partition coefficient (Wildman–Crippen LogP) is 0.217. The number of amides is 1. The zero-order valence-electron chi connectivity index (χ0n) is 9.25. The van der Waals surface area contributed by atoms with Crippen LogP contribution in [0.5, 0.6) is 0 Å². The Labute approximate surface area is 86.3 Å². The molecule has 1 amide bonds. The van der Waals surface area contributed by atoms with Crippen LogP contribution in [0, 0.1) is 0 Å². The third kappa shape index (κ3) is 6.86. The van der Waals surface area contributed by atoms with Crippen molar-refractivity contribution in [3.63, 3.8) is 0 Å². The van der Waals surface area contributed by atoms with Gasteiger partial charge in [0.1, 0.15) is 0 Å². The number of aliphatic hydroxyl groups excluding tert-OH is 1. The number of carbonyl (C=O) groups is 1. The van der Waals surface area contributed by atoms with Gasteiger partial charge in [-0.15, -0.1) is 0 Å². The fourth-order valence-electron chi connectivity index (χ4n) is 1.38. The Morgan fingerprint density at radius 3 is 2.57 bits per heavy atom. The molecule has 0 aromatic rings. The van der Waals surface area contributed by atoms with Gasteiger partial charge in [0, 0.05) is 20.0 Å². The van der Waals surface area contributed by atoms with Gasteiger partial charge in [0.05, 0.1) is 6.61 Å². The minimum atomic E-state index is 0.0884. The van der Waals surface area contributed by atoms with Crippen LogP contribution in [0.25, 0.3) is 0 Å². The standard InChI is InChI=1S/C10H22N2O2/c1-3-6-12(8-9-13)7-4-5-10(14)11-2/h13H,3-9H2,1-2H3,(H,11,14). The average Bonchev–Trinajstić information content (AvgIpc) is 2.18. The fourth-order valence-corrected chi connectivity index (χ4v) is 1.38. The van der Waals surface area contributed by atoms with E-state index in [9.17, 15) is 4.79 Å². The van der Waals surface area contributed by atoms with E-state index in [-0.39, 0.29) is 12.5 Å². The van der Waals surface area contributed by atoms with Gasteiger partial charge in [-0.1, -0.05) is 6.92 Å². The number of hydrogen-bond donors (Lipinski definition) is 2. The van der Waals surface area contributed by atoms with Crippen molar-refractivity contribution in [1.29, 1.82) is 0 Å². The number of aliphatic hydroxyl groups is 1. The summed E-state index contributed by atoms with van der Waals surface area (Å²) < 4.78 is 0. The average molecular weight is 202 g/mol. The Morgan fingerprint density at radius 2 is 2.07 bits per heavy atom. The lowest BCUT2D eigenvalue weighted by atomic mass is 10.2. The van der Waals surface area contributed by atoms with Gasteiger partial charge in [-0.25, -0.2) is 0 Å². The highest BCUT2D eigenvalue weighted by atomic mass is 16.3. The van der Waals surface area contributed by atoms with Crippen LogP contribution in [0.15, 0.2) is 0 Å². The van der Waals surface area contributed by atoms with E-state index in [0.717, 1.165) is 25.9 Å². The summed E-state index contributed by atoms with van der Waals surface area (Å²) in [5.41, 5.74) is 0. The highest BCUT2D eigenvalue weighted by Crippen LogP contribution is 1.96. The summed E-state index contributed by atoms with van der Waals surface area (Å²) in [5, 5.41) is 11.4. The maximum absolute atomic E-state index is 10.9. The van der Waals surface area contributed by atoms with Gasteiger partial charge >= 0.3 is 0 Å². The summed E-state index contributed by atoms with van der Waals surface area (Å²) >= 11 is 0. The summed E-state index contributed by atoms with van der Waals surface area (Å²) in [6, 6.07) is 0. The molecule has 14 heavy (non-hydrogen) atoms. The van der Waals surface area contributed by atoms with Gasteiger partial charge in [-0.3, -0.25) is 4.79 Å². The van der Waals surface area contributed by atoms with Gasteiger partial charge in [-0.05, 0) is 25.9 Å². The van der Waals surface area contributed by atoms with E-state index in [1.807, 2.05) is 0 Å². The second kappa shape index (κ2) is 8.97. The summed E-state index contributed by atoms with van der Waals surface area (Å²) in [7, 11) is 1.65. The predicted molar refractivity (Wildman–Crippen MR) is 57.1 cm³/mol. The molecule has 0 aliphatic heterocycles. The monoisotopic (exact) mass is 202 g/mol. The number of rotatable bonds is 8. The first-order valence-corrected chi connectivity index (χ1v) is 5.28. The topological polar surface area (TPSA) is 52.6 Å². The van der Waals surface area contributed by atoms with Crippen molar-refractivity contribution in [2.24, 2.45) is 0 Å². The van der Waals surface area contributed by atoms with E-state index >= 15 is 0 Å². The normalized spacial score (nSPS) is 10.6. The fraction of sp³-hybridized carbons (Fsp3) is 0.900. The molecule has 4 nitrogen and oxygen atoms in total. The van der Waals surface area contributed by atoms with E-state index in [1.54, 1.807) is 7.05 Å². The Morgan fingerprint density at radius 1 is 1.36 bits per heavy atom. The van der Waals surface area contributed by atoms with Crippen LogP contribution in [0.1, 0.15) is 26.2 Å². The second-order valence-corrected chi connectivity index (χ2v) is 3.34. The molecule has 0 saturated heterocycles. The molecule has 0 saturated carbocycles. The summed E-state index contributed by atoms with van der Waals surface area (Å²) in [5.74, 6) is 0.0884. The van der Waals surface area contributed by atoms with Crippen molar-refractivity contribution < 1.29 is 9.90 Å². The number of carbonyl (C=O) groups excluding carboxylic acids is 1. The van der Waals surface area contributed by atoms with Gasteiger partial charge in [-0.2, -0.15) is 0 Å². The molecule has 0 radical (unpaired) electrons. The first kappa shape index (κ1) is 13.4. The lowest BCUT2D eigenvalue weighted by Crippen LogP contribution is -2.29. The minimum Gasteiger partial charge on any atom is -0.395 e. The van der Waals surface area contributed by atoms with Crippen LogP contribution in [0.3, 0.4) is 0 Å². The lowest BCUT2D eigenvalue weighted by Gasteiger charge is -2.19. The quantitative estimate of drug-likeness (QED) is 0.592. The number of nitrogens with zero attached hydrogens (tertiary/aromatic N) is 1. The van der Waals surface area contributed by atoms with Crippen molar-refractivity contribution in [3.8, 4) is 0 Å². The van der Waals surface area contributed by atoms with Crippen LogP contribution >= 0.6 is 0 Å². The molecular weight excluding hydrogens is 180 g/mol. The minimum absolute atomic E-state index is 0.0884. The van der Waals surface area contributed by atoms with E-state index < -0.39 is 0 Å². The lowest BCUT2D eigenvalue weighted by molar-refractivity contribution is -0.120. The Bertz CT molecular complexity index is 145. The SMILES string of the molecule is CCCN(CCO)CCCC(=O)NC. The molecule has 0 rings (SSSR count). The maximum atomic E-state index is 10.9. The molecule has 0 bridgehead atoms. The molecule has 0 heterocycles. The van der Waals surface area contributed by atoms with Crippen molar-refractivity contribution in [3.05, 3.63) is 0 Å². The number of hydrogen-bond acceptors (Lipinski definition) is 3. The molecule has 0 unspecified atom stereocenters.